The molecule has 0 saturated heterocycles. The van der Waals surface area contributed by atoms with Crippen LogP contribution in [0.25, 0.3) is 10.9 Å². The first-order chi connectivity index (χ1) is 9.65. The minimum Gasteiger partial charge on any atom is -0.361 e. The number of carbonyl (C=O) groups is 1. The Hall–Kier alpha value is -2.62. The van der Waals surface area contributed by atoms with Gasteiger partial charge in [-0.3, -0.25) is 4.79 Å². The lowest BCUT2D eigenvalue weighted by Gasteiger charge is -2.17. The molecule has 1 aromatic heterocycles. The fourth-order valence-electron chi connectivity index (χ4n) is 2.18. The third-order valence-electron chi connectivity index (χ3n) is 3.30. The van der Waals surface area contributed by atoms with E-state index in [9.17, 15) is 9.18 Å². The number of hydrogen-bond acceptors (Lipinski definition) is 1. The van der Waals surface area contributed by atoms with Crippen molar-refractivity contribution in [3.8, 4) is 0 Å². The lowest BCUT2D eigenvalue weighted by atomic mass is 10.1. The number of fused-ring (bicyclic) bond motifs is 1. The molecule has 4 heteroatoms. The number of anilines is 1. The number of nitrogens with zero attached hydrogens (tertiary/aromatic N) is 1. The van der Waals surface area contributed by atoms with E-state index in [0.717, 1.165) is 10.9 Å². The summed E-state index contributed by atoms with van der Waals surface area (Å²) in [5.74, 6) is -0.526. The van der Waals surface area contributed by atoms with Crippen LogP contribution in [0.1, 0.15) is 10.4 Å². The van der Waals surface area contributed by atoms with Gasteiger partial charge in [0.25, 0.3) is 5.91 Å². The van der Waals surface area contributed by atoms with Crippen LogP contribution in [-0.4, -0.2) is 17.9 Å². The number of rotatable bonds is 2. The Bertz CT molecular complexity index is 779. The smallest absolute Gasteiger partial charge is 0.258 e. The van der Waals surface area contributed by atoms with E-state index in [-0.39, 0.29) is 11.7 Å². The third kappa shape index (κ3) is 2.16. The first kappa shape index (κ1) is 12.4. The number of carbonyl (C=O) groups excluding carboxylic acids is 1. The minimum atomic E-state index is -0.358. The van der Waals surface area contributed by atoms with Crippen LogP contribution in [0.4, 0.5) is 10.1 Å². The Morgan fingerprint density at radius 1 is 1.15 bits per heavy atom. The Morgan fingerprint density at radius 3 is 2.80 bits per heavy atom. The fraction of sp³-hybridized carbons (Fsp3) is 0.0625. The lowest BCUT2D eigenvalue weighted by Crippen LogP contribution is -2.26. The molecule has 0 aliphatic rings. The quantitative estimate of drug-likeness (QED) is 0.757. The summed E-state index contributed by atoms with van der Waals surface area (Å²) in [5, 5.41) is 0.975. The molecule has 3 rings (SSSR count). The minimum absolute atomic E-state index is 0.168. The van der Waals surface area contributed by atoms with E-state index in [2.05, 4.69) is 4.98 Å². The van der Waals surface area contributed by atoms with Crippen LogP contribution in [0.5, 0.6) is 0 Å². The number of H-pyrrole nitrogens is 1. The van der Waals surface area contributed by atoms with Crippen molar-refractivity contribution in [1.82, 2.24) is 4.98 Å². The van der Waals surface area contributed by atoms with Gasteiger partial charge in [-0.05, 0) is 42.5 Å². The molecule has 20 heavy (non-hydrogen) atoms. The molecule has 100 valence electrons. The molecule has 1 heterocycles. The molecular formula is C16H13FN2O. The van der Waals surface area contributed by atoms with Crippen molar-refractivity contribution in [1.29, 1.82) is 0 Å². The number of hydrogen-bond donors (Lipinski definition) is 1. The van der Waals surface area contributed by atoms with Crippen LogP contribution in [-0.2, 0) is 0 Å². The van der Waals surface area contributed by atoms with Crippen LogP contribution >= 0.6 is 0 Å². The van der Waals surface area contributed by atoms with Crippen molar-refractivity contribution < 1.29 is 9.18 Å². The van der Waals surface area contributed by atoms with Gasteiger partial charge in [-0.25, -0.2) is 4.39 Å². The van der Waals surface area contributed by atoms with Gasteiger partial charge >= 0.3 is 0 Å². The molecule has 1 amide bonds. The second kappa shape index (κ2) is 4.81. The molecule has 1 N–H and O–H groups in total. The molecule has 0 atom stereocenters. The van der Waals surface area contributed by atoms with Crippen molar-refractivity contribution in [2.45, 2.75) is 0 Å². The van der Waals surface area contributed by atoms with E-state index in [1.165, 1.54) is 17.0 Å². The summed E-state index contributed by atoms with van der Waals surface area (Å²) in [7, 11) is 1.64. The predicted octanol–water partition coefficient (Wildman–Crippen LogP) is 3.58. The molecule has 3 aromatic rings. The summed E-state index contributed by atoms with van der Waals surface area (Å²) in [4.78, 5) is 16.9. The Kier molecular flexibility index (Phi) is 2.99. The second-order valence-corrected chi connectivity index (χ2v) is 4.62. The van der Waals surface area contributed by atoms with Gasteiger partial charge in [0.2, 0.25) is 0 Å². The Labute approximate surface area is 115 Å². The Balaban J connectivity index is 1.94. The normalized spacial score (nSPS) is 10.7. The van der Waals surface area contributed by atoms with Crippen LogP contribution in [0.3, 0.4) is 0 Å². The largest absolute Gasteiger partial charge is 0.361 e. The van der Waals surface area contributed by atoms with Gasteiger partial charge in [0.15, 0.2) is 0 Å². The summed E-state index contributed by atoms with van der Waals surface area (Å²) in [6.07, 6.45) is 1.83. The maximum atomic E-state index is 13.2. The van der Waals surface area contributed by atoms with Gasteiger partial charge < -0.3 is 9.88 Å². The van der Waals surface area contributed by atoms with Crippen molar-refractivity contribution in [2.75, 3.05) is 11.9 Å². The topological polar surface area (TPSA) is 36.1 Å². The maximum absolute atomic E-state index is 13.2. The molecule has 0 fully saturated rings. The number of aromatic amines is 1. The zero-order valence-corrected chi connectivity index (χ0v) is 10.9. The van der Waals surface area contributed by atoms with Gasteiger partial charge in [-0.2, -0.15) is 0 Å². The third-order valence-corrected chi connectivity index (χ3v) is 3.30. The van der Waals surface area contributed by atoms with Crippen LogP contribution < -0.4 is 4.90 Å². The molecule has 3 nitrogen and oxygen atoms in total. The standard InChI is InChI=1S/C16H13FN2O/c1-19(14-4-2-3-13(17)10-14)16(20)12-5-6-15-11(9-12)7-8-18-15/h2-10,18H,1H3. The van der Waals surface area contributed by atoms with Gasteiger partial charge in [-0.15, -0.1) is 0 Å². The van der Waals surface area contributed by atoms with Gasteiger partial charge in [0.1, 0.15) is 5.82 Å². The SMILES string of the molecule is CN(C(=O)c1ccc2[nH]ccc2c1)c1cccc(F)c1. The number of benzene rings is 2. The van der Waals surface area contributed by atoms with Crippen LogP contribution in [0.15, 0.2) is 54.7 Å². The molecule has 0 aliphatic carbocycles. The van der Waals surface area contributed by atoms with E-state index < -0.39 is 0 Å². The zero-order chi connectivity index (χ0) is 14.1. The van der Waals surface area contributed by atoms with E-state index in [0.29, 0.717) is 11.3 Å². The van der Waals surface area contributed by atoms with Crippen LogP contribution in [0, 0.1) is 5.82 Å². The van der Waals surface area contributed by atoms with Crippen molar-refractivity contribution in [2.24, 2.45) is 0 Å². The predicted molar refractivity (Wildman–Crippen MR) is 77.4 cm³/mol. The van der Waals surface area contributed by atoms with Gasteiger partial charge in [0.05, 0.1) is 0 Å². The summed E-state index contributed by atoms with van der Waals surface area (Å²) in [5.41, 5.74) is 2.09. The van der Waals surface area contributed by atoms with E-state index in [1.807, 2.05) is 24.4 Å². The average molecular weight is 268 g/mol. The number of halogens is 1. The highest BCUT2D eigenvalue weighted by Gasteiger charge is 2.14. The van der Waals surface area contributed by atoms with Gasteiger partial charge in [0, 0.05) is 35.4 Å². The highest BCUT2D eigenvalue weighted by atomic mass is 19.1. The monoisotopic (exact) mass is 268 g/mol. The molecular weight excluding hydrogens is 255 g/mol. The summed E-state index contributed by atoms with van der Waals surface area (Å²) < 4.78 is 13.2. The van der Waals surface area contributed by atoms with Gasteiger partial charge in [-0.1, -0.05) is 6.07 Å². The first-order valence-corrected chi connectivity index (χ1v) is 6.26. The molecule has 0 spiro atoms. The van der Waals surface area contributed by atoms with E-state index in [4.69, 9.17) is 0 Å². The highest BCUT2D eigenvalue weighted by Crippen LogP contribution is 2.19. The summed E-state index contributed by atoms with van der Waals surface area (Å²) in [6.45, 7) is 0. The fourth-order valence-corrected chi connectivity index (χ4v) is 2.18. The highest BCUT2D eigenvalue weighted by molar-refractivity contribution is 6.07. The zero-order valence-electron chi connectivity index (χ0n) is 10.9. The maximum Gasteiger partial charge on any atom is 0.258 e. The molecule has 0 bridgehead atoms. The molecule has 0 radical (unpaired) electrons. The molecule has 0 unspecified atom stereocenters. The molecule has 0 aliphatic heterocycles. The Morgan fingerprint density at radius 2 is 2.00 bits per heavy atom. The van der Waals surface area contributed by atoms with Crippen molar-refractivity contribution in [3.63, 3.8) is 0 Å². The number of nitrogens with one attached hydrogen (secondary N) is 1. The molecule has 2 aromatic carbocycles. The average Bonchev–Trinajstić information content (AvgIpc) is 2.93. The van der Waals surface area contributed by atoms with Crippen molar-refractivity contribution in [3.05, 3.63) is 66.1 Å². The number of amides is 1. The molecule has 0 saturated carbocycles. The summed E-state index contributed by atoms with van der Waals surface area (Å²) in [6, 6.07) is 13.3. The number of aromatic nitrogens is 1. The van der Waals surface area contributed by atoms with E-state index in [1.54, 1.807) is 25.2 Å². The van der Waals surface area contributed by atoms with Crippen molar-refractivity contribution >= 4 is 22.5 Å². The first-order valence-electron chi connectivity index (χ1n) is 6.26. The summed E-state index contributed by atoms with van der Waals surface area (Å²) >= 11 is 0. The second-order valence-electron chi connectivity index (χ2n) is 4.62. The van der Waals surface area contributed by atoms with E-state index >= 15 is 0 Å². The van der Waals surface area contributed by atoms with Crippen LogP contribution in [0.2, 0.25) is 0 Å². The lowest BCUT2D eigenvalue weighted by molar-refractivity contribution is 0.0993.